The molecular formula is C19H18N2O4S2. The van der Waals surface area contributed by atoms with Gasteiger partial charge < -0.3 is 14.2 Å². The first-order valence-corrected chi connectivity index (χ1v) is 10.1. The van der Waals surface area contributed by atoms with Crippen LogP contribution in [0.2, 0.25) is 0 Å². The molecule has 0 aliphatic rings. The molecule has 2 aromatic heterocycles. The number of carbonyl (C=O) groups excluding carboxylic acids is 1. The van der Waals surface area contributed by atoms with E-state index in [4.69, 9.17) is 14.2 Å². The van der Waals surface area contributed by atoms with Gasteiger partial charge in [0.2, 0.25) is 0 Å². The SMILES string of the molecule is COc1cccc(-c2nc(COC(=O)c3cccnc3SC)cs2)c1OC. The van der Waals surface area contributed by atoms with Crippen molar-refractivity contribution in [3.8, 4) is 22.1 Å². The summed E-state index contributed by atoms with van der Waals surface area (Å²) in [6, 6.07) is 9.04. The first kappa shape index (κ1) is 19.2. The lowest BCUT2D eigenvalue weighted by Crippen LogP contribution is -2.07. The summed E-state index contributed by atoms with van der Waals surface area (Å²) >= 11 is 2.86. The molecule has 0 bridgehead atoms. The minimum Gasteiger partial charge on any atom is -0.493 e. The number of hydrogen-bond acceptors (Lipinski definition) is 8. The van der Waals surface area contributed by atoms with E-state index in [1.54, 1.807) is 32.5 Å². The van der Waals surface area contributed by atoms with E-state index >= 15 is 0 Å². The van der Waals surface area contributed by atoms with Gasteiger partial charge >= 0.3 is 5.97 Å². The molecule has 0 saturated heterocycles. The van der Waals surface area contributed by atoms with Crippen molar-refractivity contribution in [2.75, 3.05) is 20.5 Å². The standard InChI is InChI=1S/C19H18N2O4S2/c1-23-15-8-4-6-13(16(15)24-2)18-21-12(11-27-18)10-25-19(22)14-7-5-9-20-17(14)26-3/h4-9,11H,10H2,1-3H3. The highest BCUT2D eigenvalue weighted by Crippen LogP contribution is 2.39. The second kappa shape index (κ2) is 8.88. The highest BCUT2D eigenvalue weighted by Gasteiger charge is 2.16. The lowest BCUT2D eigenvalue weighted by molar-refractivity contribution is 0.0463. The van der Waals surface area contributed by atoms with E-state index in [9.17, 15) is 4.79 Å². The minimum atomic E-state index is -0.416. The van der Waals surface area contributed by atoms with Crippen LogP contribution >= 0.6 is 23.1 Å². The smallest absolute Gasteiger partial charge is 0.341 e. The van der Waals surface area contributed by atoms with Crippen molar-refractivity contribution in [1.29, 1.82) is 0 Å². The molecule has 8 heteroatoms. The Morgan fingerprint density at radius 2 is 2.04 bits per heavy atom. The van der Waals surface area contributed by atoms with Crippen LogP contribution in [0.5, 0.6) is 11.5 Å². The van der Waals surface area contributed by atoms with Crippen LogP contribution in [0.3, 0.4) is 0 Å². The van der Waals surface area contributed by atoms with Crippen LogP contribution in [-0.4, -0.2) is 36.4 Å². The van der Waals surface area contributed by atoms with E-state index in [0.29, 0.717) is 27.8 Å². The van der Waals surface area contributed by atoms with Crippen LogP contribution in [0.25, 0.3) is 10.6 Å². The second-order valence-electron chi connectivity index (χ2n) is 5.32. The molecule has 0 amide bonds. The van der Waals surface area contributed by atoms with Crippen LogP contribution < -0.4 is 9.47 Å². The molecule has 0 spiro atoms. The highest BCUT2D eigenvalue weighted by atomic mass is 32.2. The summed E-state index contributed by atoms with van der Waals surface area (Å²) < 4.78 is 16.2. The van der Waals surface area contributed by atoms with Crippen LogP contribution in [0.15, 0.2) is 46.9 Å². The Labute approximate surface area is 165 Å². The predicted molar refractivity (Wildman–Crippen MR) is 106 cm³/mol. The molecule has 0 N–H and O–H groups in total. The Balaban J connectivity index is 1.75. The molecule has 1 aromatic carbocycles. The molecule has 0 fully saturated rings. The number of para-hydroxylation sites is 1. The van der Waals surface area contributed by atoms with Gasteiger partial charge in [0.25, 0.3) is 0 Å². The summed E-state index contributed by atoms with van der Waals surface area (Å²) in [4.78, 5) is 21.1. The Bertz CT molecular complexity index is 943. The number of aromatic nitrogens is 2. The van der Waals surface area contributed by atoms with E-state index in [1.807, 2.05) is 29.8 Å². The van der Waals surface area contributed by atoms with Gasteiger partial charge in [-0.05, 0) is 30.5 Å². The van der Waals surface area contributed by atoms with Crippen molar-refractivity contribution < 1.29 is 19.0 Å². The number of methoxy groups -OCH3 is 2. The number of esters is 1. The number of rotatable bonds is 7. The van der Waals surface area contributed by atoms with Gasteiger partial charge in [-0.3, -0.25) is 0 Å². The van der Waals surface area contributed by atoms with Gasteiger partial charge in [0.15, 0.2) is 11.5 Å². The Morgan fingerprint density at radius 3 is 2.78 bits per heavy atom. The lowest BCUT2D eigenvalue weighted by atomic mass is 10.2. The molecule has 3 aromatic rings. The maximum absolute atomic E-state index is 12.3. The van der Waals surface area contributed by atoms with Crippen molar-refractivity contribution in [2.24, 2.45) is 0 Å². The normalized spacial score (nSPS) is 10.5. The van der Waals surface area contributed by atoms with Crippen molar-refractivity contribution in [1.82, 2.24) is 9.97 Å². The number of benzene rings is 1. The summed E-state index contributed by atoms with van der Waals surface area (Å²) in [5, 5.41) is 3.27. The zero-order valence-corrected chi connectivity index (χ0v) is 16.7. The summed E-state index contributed by atoms with van der Waals surface area (Å²) in [7, 11) is 3.19. The van der Waals surface area contributed by atoms with Crippen LogP contribution in [0, 0.1) is 0 Å². The number of thioether (sulfide) groups is 1. The van der Waals surface area contributed by atoms with Crippen molar-refractivity contribution in [3.05, 3.63) is 53.2 Å². The largest absolute Gasteiger partial charge is 0.493 e. The number of carbonyl (C=O) groups is 1. The van der Waals surface area contributed by atoms with Gasteiger partial charge in [-0.15, -0.1) is 23.1 Å². The minimum absolute atomic E-state index is 0.0876. The zero-order chi connectivity index (χ0) is 19.2. The number of nitrogens with zero attached hydrogens (tertiary/aromatic N) is 2. The Morgan fingerprint density at radius 1 is 1.19 bits per heavy atom. The number of pyridine rings is 1. The molecule has 0 aliphatic heterocycles. The van der Waals surface area contributed by atoms with Gasteiger partial charge in [-0.25, -0.2) is 14.8 Å². The van der Waals surface area contributed by atoms with Gasteiger partial charge in [0, 0.05) is 11.6 Å². The molecular weight excluding hydrogens is 384 g/mol. The average Bonchev–Trinajstić information content (AvgIpc) is 3.20. The van der Waals surface area contributed by atoms with Gasteiger partial charge in [0.05, 0.1) is 31.0 Å². The molecule has 0 aliphatic carbocycles. The molecule has 2 heterocycles. The van der Waals surface area contributed by atoms with E-state index in [2.05, 4.69) is 9.97 Å². The molecule has 6 nitrogen and oxygen atoms in total. The Hall–Kier alpha value is -2.58. The maximum Gasteiger partial charge on any atom is 0.341 e. The summed E-state index contributed by atoms with van der Waals surface area (Å²) in [6.07, 6.45) is 3.52. The first-order valence-electron chi connectivity index (χ1n) is 7.99. The van der Waals surface area contributed by atoms with Gasteiger partial charge in [0.1, 0.15) is 16.6 Å². The molecule has 3 rings (SSSR count). The third kappa shape index (κ3) is 4.23. The van der Waals surface area contributed by atoms with Crippen molar-refractivity contribution in [2.45, 2.75) is 11.6 Å². The third-order valence-corrected chi connectivity index (χ3v) is 5.36. The van der Waals surface area contributed by atoms with E-state index < -0.39 is 5.97 Å². The van der Waals surface area contributed by atoms with Crippen LogP contribution in [0.1, 0.15) is 16.1 Å². The topological polar surface area (TPSA) is 70.5 Å². The lowest BCUT2D eigenvalue weighted by Gasteiger charge is -2.10. The average molecular weight is 402 g/mol. The van der Waals surface area contributed by atoms with E-state index in [-0.39, 0.29) is 6.61 Å². The molecule has 0 unspecified atom stereocenters. The monoisotopic (exact) mass is 402 g/mol. The summed E-state index contributed by atoms with van der Waals surface area (Å²) in [5.41, 5.74) is 1.95. The quantitative estimate of drug-likeness (QED) is 0.431. The first-order chi connectivity index (χ1) is 13.2. The maximum atomic E-state index is 12.3. The zero-order valence-electron chi connectivity index (χ0n) is 15.1. The summed E-state index contributed by atoms with van der Waals surface area (Å²) in [6.45, 7) is 0.0876. The van der Waals surface area contributed by atoms with Crippen LogP contribution in [0.4, 0.5) is 0 Å². The molecule has 0 saturated carbocycles. The number of thiazole rings is 1. The fraction of sp³-hybridized carbons (Fsp3) is 0.211. The predicted octanol–water partition coefficient (Wildman–Crippen LogP) is 4.30. The second-order valence-corrected chi connectivity index (χ2v) is 6.97. The van der Waals surface area contributed by atoms with Gasteiger partial charge in [-0.2, -0.15) is 0 Å². The van der Waals surface area contributed by atoms with Crippen molar-refractivity contribution >= 4 is 29.1 Å². The highest BCUT2D eigenvalue weighted by molar-refractivity contribution is 7.98. The fourth-order valence-corrected chi connectivity index (χ4v) is 3.84. The summed E-state index contributed by atoms with van der Waals surface area (Å²) in [5.74, 6) is 0.846. The van der Waals surface area contributed by atoms with Crippen LogP contribution in [-0.2, 0) is 11.3 Å². The Kier molecular flexibility index (Phi) is 6.31. The molecule has 140 valence electrons. The number of ether oxygens (including phenoxy) is 3. The molecule has 27 heavy (non-hydrogen) atoms. The molecule has 0 atom stereocenters. The van der Waals surface area contributed by atoms with Crippen molar-refractivity contribution in [3.63, 3.8) is 0 Å². The van der Waals surface area contributed by atoms with Gasteiger partial charge in [-0.1, -0.05) is 6.07 Å². The third-order valence-electron chi connectivity index (χ3n) is 3.72. The molecule has 0 radical (unpaired) electrons. The number of hydrogen-bond donors (Lipinski definition) is 0. The van der Waals surface area contributed by atoms with E-state index in [1.165, 1.54) is 23.1 Å². The van der Waals surface area contributed by atoms with E-state index in [0.717, 1.165) is 10.6 Å². The fourth-order valence-electron chi connectivity index (χ4n) is 2.48.